The summed E-state index contributed by atoms with van der Waals surface area (Å²) in [6.45, 7) is 2.84. The van der Waals surface area contributed by atoms with Gasteiger partial charge in [-0.05, 0) is 48.9 Å². The van der Waals surface area contributed by atoms with Crippen LogP contribution in [-0.4, -0.2) is 40.6 Å². The number of aliphatic carboxylic acids is 1. The number of nitrogens with zero attached hydrogens (tertiary/aromatic N) is 2. The average molecular weight is 427 g/mol. The highest BCUT2D eigenvalue weighted by atomic mass is 32.2. The van der Waals surface area contributed by atoms with Crippen LogP contribution in [0.25, 0.3) is 0 Å². The number of carbonyl (C=O) groups excluding carboxylic acids is 2. The van der Waals surface area contributed by atoms with Crippen LogP contribution in [0.1, 0.15) is 18.9 Å². The van der Waals surface area contributed by atoms with Crippen LogP contribution in [0.4, 0.5) is 5.69 Å². The summed E-state index contributed by atoms with van der Waals surface area (Å²) in [5, 5.41) is 10.7. The minimum Gasteiger partial charge on any atom is -0.549 e. The van der Waals surface area contributed by atoms with E-state index in [1.54, 1.807) is 36.4 Å². The van der Waals surface area contributed by atoms with E-state index < -0.39 is 11.2 Å². The molecule has 0 spiro atoms. The monoisotopic (exact) mass is 427 g/mol. The molecular formula is C21H19N2O6S-. The summed E-state index contributed by atoms with van der Waals surface area (Å²) in [6.07, 6.45) is -0.153. The topological polar surface area (TPSA) is 100 Å². The molecular weight excluding hydrogens is 408 g/mol. The Morgan fingerprint density at radius 2 is 2.00 bits per heavy atom. The largest absolute Gasteiger partial charge is 0.549 e. The Bertz CT molecular complexity index is 991. The maximum absolute atomic E-state index is 12.8. The van der Waals surface area contributed by atoms with Crippen molar-refractivity contribution in [2.75, 3.05) is 13.4 Å². The summed E-state index contributed by atoms with van der Waals surface area (Å²) < 4.78 is 16.1. The van der Waals surface area contributed by atoms with Gasteiger partial charge in [-0.25, -0.2) is 4.99 Å². The highest BCUT2D eigenvalue weighted by Gasteiger charge is 2.33. The normalized spacial score (nSPS) is 19.2. The molecule has 1 amide bonds. The summed E-state index contributed by atoms with van der Waals surface area (Å²) in [6, 6.07) is 12.5. The predicted octanol–water partition coefficient (Wildman–Crippen LogP) is 2.09. The maximum atomic E-state index is 12.8. The van der Waals surface area contributed by atoms with Crippen LogP contribution in [0.3, 0.4) is 0 Å². The number of fused-ring (bicyclic) bond motifs is 1. The van der Waals surface area contributed by atoms with Gasteiger partial charge >= 0.3 is 0 Å². The summed E-state index contributed by atoms with van der Waals surface area (Å²) in [4.78, 5) is 30.2. The average Bonchev–Trinajstić information content (AvgIpc) is 3.19. The van der Waals surface area contributed by atoms with Crippen molar-refractivity contribution in [3.63, 3.8) is 0 Å². The van der Waals surface area contributed by atoms with Crippen molar-refractivity contribution >= 4 is 34.5 Å². The van der Waals surface area contributed by atoms with Gasteiger partial charge in [-0.3, -0.25) is 9.69 Å². The Balaban J connectivity index is 1.62. The second kappa shape index (κ2) is 8.66. The number of thioether (sulfide) groups is 1. The van der Waals surface area contributed by atoms with Gasteiger partial charge in [0.25, 0.3) is 0 Å². The van der Waals surface area contributed by atoms with Crippen LogP contribution in [0.5, 0.6) is 17.2 Å². The Kier molecular flexibility index (Phi) is 5.80. The number of hydrogen-bond donors (Lipinski definition) is 0. The van der Waals surface area contributed by atoms with Crippen LogP contribution in [0.2, 0.25) is 0 Å². The molecule has 2 aliphatic rings. The van der Waals surface area contributed by atoms with E-state index >= 15 is 0 Å². The van der Waals surface area contributed by atoms with E-state index in [9.17, 15) is 14.7 Å². The Morgan fingerprint density at radius 1 is 1.23 bits per heavy atom. The maximum Gasteiger partial charge on any atom is 0.231 e. The molecule has 0 unspecified atom stereocenters. The highest BCUT2D eigenvalue weighted by molar-refractivity contribution is 8.15. The van der Waals surface area contributed by atoms with Crippen molar-refractivity contribution in [2.45, 2.75) is 25.1 Å². The van der Waals surface area contributed by atoms with Crippen LogP contribution in [0, 0.1) is 0 Å². The lowest BCUT2D eigenvalue weighted by Gasteiger charge is -2.32. The fourth-order valence-electron chi connectivity index (χ4n) is 3.10. The minimum atomic E-state index is -1.28. The molecule has 0 bridgehead atoms. The summed E-state index contributed by atoms with van der Waals surface area (Å²) in [7, 11) is 0. The van der Waals surface area contributed by atoms with E-state index in [2.05, 4.69) is 4.99 Å². The number of carboxylic acids is 1. The summed E-state index contributed by atoms with van der Waals surface area (Å²) in [5.74, 6) is 0.361. The van der Waals surface area contributed by atoms with E-state index in [1.807, 2.05) is 13.0 Å². The van der Waals surface area contributed by atoms with E-state index in [4.69, 9.17) is 14.2 Å². The van der Waals surface area contributed by atoms with Crippen molar-refractivity contribution in [3.05, 3.63) is 48.0 Å². The predicted molar refractivity (Wildman–Crippen MR) is 109 cm³/mol. The molecule has 0 saturated carbocycles. The molecule has 2 aromatic carbocycles. The van der Waals surface area contributed by atoms with Gasteiger partial charge in [-0.15, -0.1) is 0 Å². The molecule has 0 N–H and O–H groups in total. The Labute approximate surface area is 177 Å². The first-order chi connectivity index (χ1) is 14.5. The number of benzene rings is 2. The fraction of sp³-hybridized carbons (Fsp3) is 0.286. The Morgan fingerprint density at radius 3 is 2.73 bits per heavy atom. The molecule has 0 aromatic heterocycles. The molecule has 1 atom stereocenters. The zero-order valence-electron chi connectivity index (χ0n) is 16.2. The Hall–Kier alpha value is -3.20. The molecule has 1 fully saturated rings. The number of carboxylic acid groups (broad SMARTS) is 1. The first-order valence-electron chi connectivity index (χ1n) is 9.41. The van der Waals surface area contributed by atoms with Gasteiger partial charge < -0.3 is 24.1 Å². The lowest BCUT2D eigenvalue weighted by atomic mass is 10.1. The number of amidine groups is 1. The lowest BCUT2D eigenvalue weighted by molar-refractivity contribution is -0.304. The van der Waals surface area contributed by atoms with Gasteiger partial charge in [-0.1, -0.05) is 17.8 Å². The standard InChI is InChI=1S/C21H20N2O6S/c1-2-27-15-6-4-14(5-7-15)22-21-23(19(24)10-18(30-21)20(25)26)11-13-3-8-16-17(9-13)29-12-28-16/h3-9,18H,2,10-12H2,1H3,(H,25,26)/p-1/t18-/m1/s1. The third-order valence-corrected chi connectivity index (χ3v) is 5.72. The third kappa shape index (κ3) is 4.35. The highest BCUT2D eigenvalue weighted by Crippen LogP contribution is 2.35. The third-order valence-electron chi connectivity index (χ3n) is 4.55. The van der Waals surface area contributed by atoms with Gasteiger partial charge in [0.2, 0.25) is 12.7 Å². The zero-order chi connectivity index (χ0) is 21.1. The first kappa shape index (κ1) is 20.1. The number of aliphatic imine (C=N–C) groups is 1. The quantitative estimate of drug-likeness (QED) is 0.696. The van der Waals surface area contributed by atoms with E-state index in [-0.39, 0.29) is 25.7 Å². The second-order valence-electron chi connectivity index (χ2n) is 6.62. The number of ether oxygens (including phenoxy) is 3. The van der Waals surface area contributed by atoms with Gasteiger partial charge in [0, 0.05) is 6.42 Å². The summed E-state index contributed by atoms with van der Waals surface area (Å²) >= 11 is 1.01. The van der Waals surface area contributed by atoms with Crippen LogP contribution < -0.4 is 19.3 Å². The number of hydrogen-bond acceptors (Lipinski definition) is 8. The molecule has 0 aliphatic carbocycles. The second-order valence-corrected chi connectivity index (χ2v) is 7.79. The van der Waals surface area contributed by atoms with Crippen molar-refractivity contribution < 1.29 is 28.9 Å². The fourth-order valence-corrected chi connectivity index (χ4v) is 4.13. The van der Waals surface area contributed by atoms with E-state index in [0.717, 1.165) is 17.3 Å². The van der Waals surface area contributed by atoms with E-state index in [1.165, 1.54) is 4.90 Å². The van der Waals surface area contributed by atoms with Crippen LogP contribution in [0.15, 0.2) is 47.5 Å². The smallest absolute Gasteiger partial charge is 0.231 e. The molecule has 156 valence electrons. The van der Waals surface area contributed by atoms with E-state index in [0.29, 0.717) is 34.7 Å². The number of amides is 1. The summed E-state index contributed by atoms with van der Waals surface area (Å²) in [5.41, 5.74) is 1.41. The molecule has 0 radical (unpaired) electrons. The molecule has 2 aromatic rings. The van der Waals surface area contributed by atoms with Gasteiger partial charge in [-0.2, -0.15) is 0 Å². The molecule has 2 heterocycles. The molecule has 4 rings (SSSR count). The van der Waals surface area contributed by atoms with Gasteiger partial charge in [0.1, 0.15) is 5.75 Å². The first-order valence-corrected chi connectivity index (χ1v) is 10.3. The minimum absolute atomic E-state index is 0.153. The molecule has 8 nitrogen and oxygen atoms in total. The van der Waals surface area contributed by atoms with Crippen molar-refractivity contribution in [1.29, 1.82) is 0 Å². The van der Waals surface area contributed by atoms with Crippen LogP contribution >= 0.6 is 11.8 Å². The van der Waals surface area contributed by atoms with Crippen molar-refractivity contribution in [3.8, 4) is 17.2 Å². The SMILES string of the molecule is CCOc1ccc(N=C2S[C@@H](C(=O)[O-])CC(=O)N2Cc2ccc3c(c2)OCO3)cc1. The molecule has 9 heteroatoms. The molecule has 30 heavy (non-hydrogen) atoms. The van der Waals surface area contributed by atoms with Gasteiger partial charge in [0.05, 0.1) is 30.1 Å². The number of carbonyl (C=O) groups is 2. The van der Waals surface area contributed by atoms with Crippen LogP contribution in [-0.2, 0) is 16.1 Å². The van der Waals surface area contributed by atoms with Crippen molar-refractivity contribution in [2.24, 2.45) is 4.99 Å². The van der Waals surface area contributed by atoms with Gasteiger partial charge in [0.15, 0.2) is 16.7 Å². The van der Waals surface area contributed by atoms with Crippen molar-refractivity contribution in [1.82, 2.24) is 4.90 Å². The lowest BCUT2D eigenvalue weighted by Crippen LogP contribution is -2.47. The molecule has 1 saturated heterocycles. The zero-order valence-corrected chi connectivity index (χ0v) is 17.0. The molecule has 2 aliphatic heterocycles. The number of rotatable bonds is 6.